The number of pyridine rings is 1. The SMILES string of the molecule is Cc1cc(C2(F)COC2)ccc1-c1ccc2nc(-c3cccnc3)nc(N(C)C(=O)O)c2c1. The van der Waals surface area contributed by atoms with Crippen LogP contribution in [0.15, 0.2) is 60.9 Å². The van der Waals surface area contributed by atoms with Crippen LogP contribution < -0.4 is 4.90 Å². The molecule has 2 aromatic carbocycles. The minimum absolute atomic E-state index is 0.0727. The number of hydrogen-bond acceptors (Lipinski definition) is 5. The van der Waals surface area contributed by atoms with Gasteiger partial charge in [0.05, 0.1) is 18.7 Å². The van der Waals surface area contributed by atoms with E-state index in [4.69, 9.17) is 4.74 Å². The van der Waals surface area contributed by atoms with Gasteiger partial charge in [-0.15, -0.1) is 0 Å². The van der Waals surface area contributed by atoms with E-state index in [0.29, 0.717) is 27.9 Å². The van der Waals surface area contributed by atoms with E-state index in [1.54, 1.807) is 24.5 Å². The van der Waals surface area contributed by atoms with Gasteiger partial charge in [-0.1, -0.05) is 24.3 Å². The third kappa shape index (κ3) is 3.68. The molecule has 1 saturated heterocycles. The topological polar surface area (TPSA) is 88.4 Å². The number of hydrogen-bond donors (Lipinski definition) is 1. The van der Waals surface area contributed by atoms with Crippen LogP contribution in [0.3, 0.4) is 0 Å². The Kier molecular flexibility index (Phi) is 5.02. The molecule has 33 heavy (non-hydrogen) atoms. The molecule has 0 radical (unpaired) electrons. The molecule has 0 bridgehead atoms. The predicted molar refractivity (Wildman–Crippen MR) is 123 cm³/mol. The lowest BCUT2D eigenvalue weighted by atomic mass is 9.89. The fourth-order valence-corrected chi connectivity index (χ4v) is 3.96. The van der Waals surface area contributed by atoms with Crippen LogP contribution in [-0.2, 0) is 10.4 Å². The Balaban J connectivity index is 1.64. The highest BCUT2D eigenvalue weighted by atomic mass is 19.1. The fraction of sp³-hybridized carbons (Fsp3) is 0.200. The number of anilines is 1. The Hall–Kier alpha value is -3.91. The second-order valence-corrected chi connectivity index (χ2v) is 8.17. The highest BCUT2D eigenvalue weighted by Crippen LogP contribution is 2.37. The Morgan fingerprint density at radius 1 is 1.12 bits per heavy atom. The zero-order chi connectivity index (χ0) is 23.2. The molecule has 5 rings (SSSR count). The van der Waals surface area contributed by atoms with Crippen molar-refractivity contribution in [2.45, 2.75) is 12.6 Å². The van der Waals surface area contributed by atoms with Gasteiger partial charge in [-0.3, -0.25) is 9.88 Å². The largest absolute Gasteiger partial charge is 0.465 e. The molecule has 1 aliphatic rings. The van der Waals surface area contributed by atoms with Gasteiger partial charge >= 0.3 is 6.09 Å². The summed E-state index contributed by atoms with van der Waals surface area (Å²) in [6.07, 6.45) is 2.15. The molecule has 0 spiro atoms. The molecule has 1 N–H and O–H groups in total. The van der Waals surface area contributed by atoms with E-state index in [-0.39, 0.29) is 19.0 Å². The molecule has 1 aliphatic heterocycles. The minimum atomic E-state index is -1.43. The number of aryl methyl sites for hydroxylation is 1. The number of aromatic nitrogens is 3. The molecule has 0 unspecified atom stereocenters. The van der Waals surface area contributed by atoms with Gasteiger partial charge in [-0.2, -0.15) is 0 Å². The third-order valence-electron chi connectivity index (χ3n) is 5.92. The summed E-state index contributed by atoms with van der Waals surface area (Å²) in [5.74, 6) is 0.666. The van der Waals surface area contributed by atoms with Crippen molar-refractivity contribution in [1.82, 2.24) is 15.0 Å². The van der Waals surface area contributed by atoms with Crippen LogP contribution >= 0.6 is 0 Å². The average Bonchev–Trinajstić information content (AvgIpc) is 2.81. The maximum absolute atomic E-state index is 14.7. The van der Waals surface area contributed by atoms with Crippen molar-refractivity contribution in [2.24, 2.45) is 0 Å². The van der Waals surface area contributed by atoms with Crippen LogP contribution in [0, 0.1) is 6.92 Å². The zero-order valence-corrected chi connectivity index (χ0v) is 18.1. The van der Waals surface area contributed by atoms with E-state index in [0.717, 1.165) is 21.6 Å². The van der Waals surface area contributed by atoms with Gasteiger partial charge in [0.15, 0.2) is 11.5 Å². The van der Waals surface area contributed by atoms with Gasteiger partial charge in [-0.25, -0.2) is 19.2 Å². The molecule has 2 aromatic heterocycles. The zero-order valence-electron chi connectivity index (χ0n) is 18.1. The molecule has 8 heteroatoms. The van der Waals surface area contributed by atoms with E-state index < -0.39 is 11.8 Å². The molecule has 0 atom stereocenters. The maximum Gasteiger partial charge on any atom is 0.412 e. The number of halogens is 1. The van der Waals surface area contributed by atoms with E-state index in [9.17, 15) is 14.3 Å². The highest BCUT2D eigenvalue weighted by molar-refractivity contribution is 6.00. The van der Waals surface area contributed by atoms with Crippen LogP contribution in [0.2, 0.25) is 0 Å². The van der Waals surface area contributed by atoms with Gasteiger partial charge in [0.25, 0.3) is 0 Å². The number of nitrogens with zero attached hydrogens (tertiary/aromatic N) is 4. The molecule has 0 aliphatic carbocycles. The summed E-state index contributed by atoms with van der Waals surface area (Å²) in [7, 11) is 1.45. The van der Waals surface area contributed by atoms with Crippen LogP contribution in [0.1, 0.15) is 11.1 Å². The lowest BCUT2D eigenvalue weighted by molar-refractivity contribution is -0.135. The normalized spacial score (nSPS) is 14.6. The Bertz CT molecular complexity index is 1370. The lowest BCUT2D eigenvalue weighted by Crippen LogP contribution is -2.42. The van der Waals surface area contributed by atoms with Crippen LogP contribution in [0.4, 0.5) is 15.0 Å². The first-order valence-corrected chi connectivity index (χ1v) is 10.4. The summed E-state index contributed by atoms with van der Waals surface area (Å²) in [4.78, 5) is 26.1. The second-order valence-electron chi connectivity index (χ2n) is 8.17. The number of benzene rings is 2. The summed E-state index contributed by atoms with van der Waals surface area (Å²) in [5.41, 5.74) is 3.17. The molecule has 3 heterocycles. The van der Waals surface area contributed by atoms with Gasteiger partial charge in [0.1, 0.15) is 5.82 Å². The maximum atomic E-state index is 14.7. The fourth-order valence-electron chi connectivity index (χ4n) is 3.96. The van der Waals surface area contributed by atoms with E-state index in [1.165, 1.54) is 7.05 Å². The summed E-state index contributed by atoms with van der Waals surface area (Å²) >= 11 is 0. The molecule has 1 fully saturated rings. The molecule has 4 aromatic rings. The van der Waals surface area contributed by atoms with Crippen molar-refractivity contribution in [3.63, 3.8) is 0 Å². The number of amides is 1. The Morgan fingerprint density at radius 2 is 1.94 bits per heavy atom. The van der Waals surface area contributed by atoms with E-state index in [2.05, 4.69) is 15.0 Å². The Labute approximate surface area is 189 Å². The van der Waals surface area contributed by atoms with Crippen molar-refractivity contribution >= 4 is 22.8 Å². The number of rotatable bonds is 4. The lowest BCUT2D eigenvalue weighted by Gasteiger charge is -2.34. The van der Waals surface area contributed by atoms with E-state index in [1.807, 2.05) is 43.3 Å². The number of carbonyl (C=O) groups is 1. The molecular weight excluding hydrogens is 423 g/mol. The van der Waals surface area contributed by atoms with Gasteiger partial charge < -0.3 is 9.84 Å². The first-order valence-electron chi connectivity index (χ1n) is 10.4. The summed E-state index contributed by atoms with van der Waals surface area (Å²) in [6, 6.07) is 14.7. The monoisotopic (exact) mass is 444 g/mol. The second kappa shape index (κ2) is 7.90. The quantitative estimate of drug-likeness (QED) is 0.478. The van der Waals surface area contributed by atoms with Gasteiger partial charge in [-0.05, 0) is 53.4 Å². The van der Waals surface area contributed by atoms with Crippen molar-refractivity contribution in [3.8, 4) is 22.5 Å². The van der Waals surface area contributed by atoms with Crippen LogP contribution in [-0.4, -0.2) is 46.4 Å². The first-order chi connectivity index (χ1) is 15.9. The highest BCUT2D eigenvalue weighted by Gasteiger charge is 2.40. The molecule has 1 amide bonds. The van der Waals surface area contributed by atoms with E-state index >= 15 is 0 Å². The van der Waals surface area contributed by atoms with Crippen LogP contribution in [0.25, 0.3) is 33.4 Å². The van der Waals surface area contributed by atoms with Crippen molar-refractivity contribution in [1.29, 1.82) is 0 Å². The number of carboxylic acid groups (broad SMARTS) is 1. The smallest absolute Gasteiger partial charge is 0.412 e. The standard InChI is InChI=1S/C25H21FN4O3/c1-15-10-18(25(26)13-33-14-25)6-7-19(15)16-5-8-21-20(11-16)23(30(2)24(31)32)29-22(28-21)17-4-3-9-27-12-17/h3-12H,13-14H2,1-2H3,(H,31,32). The third-order valence-corrected chi connectivity index (χ3v) is 5.92. The Morgan fingerprint density at radius 3 is 2.58 bits per heavy atom. The minimum Gasteiger partial charge on any atom is -0.465 e. The first kappa shape index (κ1) is 21.0. The van der Waals surface area contributed by atoms with Gasteiger partial charge in [0.2, 0.25) is 0 Å². The molecule has 166 valence electrons. The summed E-state index contributed by atoms with van der Waals surface area (Å²) in [5, 5.41) is 10.2. The molecular formula is C25H21FN4O3. The van der Waals surface area contributed by atoms with Crippen LogP contribution in [0.5, 0.6) is 0 Å². The van der Waals surface area contributed by atoms with Crippen molar-refractivity contribution in [2.75, 3.05) is 25.2 Å². The van der Waals surface area contributed by atoms with Crippen molar-refractivity contribution in [3.05, 3.63) is 72.1 Å². The predicted octanol–water partition coefficient (Wildman–Crippen LogP) is 4.98. The van der Waals surface area contributed by atoms with Gasteiger partial charge in [0, 0.05) is 30.4 Å². The number of fused-ring (bicyclic) bond motifs is 1. The molecule has 7 nitrogen and oxygen atoms in total. The average molecular weight is 444 g/mol. The summed E-state index contributed by atoms with van der Waals surface area (Å²) in [6.45, 7) is 2.07. The molecule has 0 saturated carbocycles. The number of alkyl halides is 1. The summed E-state index contributed by atoms with van der Waals surface area (Å²) < 4.78 is 19.8. The van der Waals surface area contributed by atoms with Crippen molar-refractivity contribution < 1.29 is 19.0 Å². The number of ether oxygens (including phenoxy) is 1.